The molecule has 0 spiro atoms. The van der Waals surface area contributed by atoms with Crippen LogP contribution in [0.3, 0.4) is 0 Å². The maximum atomic E-state index is 12.2. The maximum Gasteiger partial charge on any atom is 0.255 e. The van der Waals surface area contributed by atoms with Crippen LogP contribution >= 0.6 is 23.2 Å². The van der Waals surface area contributed by atoms with Crippen LogP contribution in [0.1, 0.15) is 10.4 Å². The fourth-order valence-corrected chi connectivity index (χ4v) is 1.75. The zero-order chi connectivity index (χ0) is 12.8. The number of benzene rings is 1. The van der Waals surface area contributed by atoms with Crippen molar-refractivity contribution in [3.63, 3.8) is 0 Å². The Morgan fingerprint density at radius 3 is 2.35 bits per heavy atom. The Morgan fingerprint density at radius 2 is 1.82 bits per heavy atom. The van der Waals surface area contributed by atoms with Crippen LogP contribution in [0.5, 0.6) is 0 Å². The van der Waals surface area contributed by atoms with Crippen LogP contribution in [0.15, 0.2) is 43.5 Å². The molecule has 0 bridgehead atoms. The Kier molecular flexibility index (Phi) is 5.26. The molecule has 2 nitrogen and oxygen atoms in total. The molecule has 0 aliphatic heterocycles. The molecule has 0 aromatic heterocycles. The molecular formula is C13H13Cl2NO. The lowest BCUT2D eigenvalue weighted by molar-refractivity contribution is 0.0791. The molecule has 1 amide bonds. The molecule has 0 radical (unpaired) electrons. The molecule has 0 fully saturated rings. The second-order valence-corrected chi connectivity index (χ2v) is 4.26. The first-order valence-electron chi connectivity index (χ1n) is 5.06. The van der Waals surface area contributed by atoms with Crippen LogP contribution in [0.25, 0.3) is 0 Å². The van der Waals surface area contributed by atoms with E-state index < -0.39 is 0 Å². The van der Waals surface area contributed by atoms with Crippen LogP contribution in [0.4, 0.5) is 0 Å². The largest absolute Gasteiger partial charge is 0.331 e. The lowest BCUT2D eigenvalue weighted by atomic mass is 10.2. The summed E-state index contributed by atoms with van der Waals surface area (Å²) in [6, 6.07) is 4.81. The number of nitrogens with zero attached hydrogens (tertiary/aromatic N) is 1. The summed E-state index contributed by atoms with van der Waals surface area (Å²) in [6.45, 7) is 8.10. The standard InChI is InChI=1S/C13H13Cl2NO/c1-3-7-16(8-4-2)13(17)11-9-10(14)5-6-12(11)15/h3-6,9H,1-2,7-8H2. The van der Waals surface area contributed by atoms with Crippen LogP contribution < -0.4 is 0 Å². The minimum atomic E-state index is -0.183. The molecule has 17 heavy (non-hydrogen) atoms. The molecule has 0 saturated heterocycles. The van der Waals surface area contributed by atoms with E-state index in [2.05, 4.69) is 13.2 Å². The van der Waals surface area contributed by atoms with Gasteiger partial charge in [0.05, 0.1) is 10.6 Å². The summed E-state index contributed by atoms with van der Waals surface area (Å²) < 4.78 is 0. The van der Waals surface area contributed by atoms with Gasteiger partial charge in [0.25, 0.3) is 5.91 Å². The molecule has 0 aliphatic carbocycles. The van der Waals surface area contributed by atoms with Crippen molar-refractivity contribution in [1.82, 2.24) is 4.90 Å². The second-order valence-electron chi connectivity index (χ2n) is 3.41. The lowest BCUT2D eigenvalue weighted by Gasteiger charge is -2.19. The van der Waals surface area contributed by atoms with Gasteiger partial charge in [0.15, 0.2) is 0 Å². The first-order valence-corrected chi connectivity index (χ1v) is 5.82. The van der Waals surface area contributed by atoms with Crippen LogP contribution in [0.2, 0.25) is 10.0 Å². The van der Waals surface area contributed by atoms with E-state index in [1.54, 1.807) is 35.3 Å². The predicted molar refractivity (Wildman–Crippen MR) is 72.8 cm³/mol. The van der Waals surface area contributed by atoms with Gasteiger partial charge >= 0.3 is 0 Å². The molecule has 0 unspecified atom stereocenters. The van der Waals surface area contributed by atoms with Gasteiger partial charge in [-0.05, 0) is 18.2 Å². The maximum absolute atomic E-state index is 12.2. The third-order valence-electron chi connectivity index (χ3n) is 2.15. The molecule has 0 saturated carbocycles. The zero-order valence-corrected chi connectivity index (χ0v) is 10.8. The second kappa shape index (κ2) is 6.48. The number of rotatable bonds is 5. The Labute approximate surface area is 111 Å². The summed E-state index contributed by atoms with van der Waals surface area (Å²) >= 11 is 11.8. The molecule has 0 heterocycles. The highest BCUT2D eigenvalue weighted by Crippen LogP contribution is 2.22. The first kappa shape index (κ1) is 13.8. The Bertz CT molecular complexity index is 433. The summed E-state index contributed by atoms with van der Waals surface area (Å²) in [5.74, 6) is -0.183. The van der Waals surface area contributed by atoms with E-state index in [1.807, 2.05) is 0 Å². The van der Waals surface area contributed by atoms with Crippen molar-refractivity contribution in [1.29, 1.82) is 0 Å². The van der Waals surface area contributed by atoms with Crippen molar-refractivity contribution < 1.29 is 4.79 Å². The van der Waals surface area contributed by atoms with Gasteiger partial charge in [0.2, 0.25) is 0 Å². The van der Waals surface area contributed by atoms with E-state index in [0.717, 1.165) is 0 Å². The van der Waals surface area contributed by atoms with Gasteiger partial charge < -0.3 is 4.90 Å². The average Bonchev–Trinajstić information content (AvgIpc) is 2.31. The smallest absolute Gasteiger partial charge is 0.255 e. The monoisotopic (exact) mass is 269 g/mol. The van der Waals surface area contributed by atoms with E-state index >= 15 is 0 Å². The molecule has 4 heteroatoms. The molecule has 0 atom stereocenters. The fourth-order valence-electron chi connectivity index (χ4n) is 1.38. The molecule has 0 N–H and O–H groups in total. The number of amides is 1. The molecule has 1 aromatic carbocycles. The summed E-state index contributed by atoms with van der Waals surface area (Å²) in [5.41, 5.74) is 0.392. The Hall–Kier alpha value is -1.25. The van der Waals surface area contributed by atoms with E-state index in [9.17, 15) is 4.79 Å². The normalized spacial score (nSPS) is 9.76. The molecule has 0 aliphatic rings. The van der Waals surface area contributed by atoms with Crippen molar-refractivity contribution in [2.45, 2.75) is 0 Å². The third-order valence-corrected chi connectivity index (χ3v) is 2.71. The predicted octanol–water partition coefficient (Wildman–Crippen LogP) is 3.81. The summed E-state index contributed by atoms with van der Waals surface area (Å²) in [6.07, 6.45) is 3.31. The average molecular weight is 270 g/mol. The Morgan fingerprint density at radius 1 is 1.24 bits per heavy atom. The third kappa shape index (κ3) is 3.62. The van der Waals surface area contributed by atoms with Gasteiger partial charge in [-0.1, -0.05) is 35.4 Å². The number of carbonyl (C=O) groups is 1. The van der Waals surface area contributed by atoms with Crippen LogP contribution in [-0.2, 0) is 0 Å². The number of halogens is 2. The summed E-state index contributed by atoms with van der Waals surface area (Å²) in [5, 5.41) is 0.868. The van der Waals surface area contributed by atoms with Gasteiger partial charge in [0, 0.05) is 18.1 Å². The number of hydrogen-bond donors (Lipinski definition) is 0. The van der Waals surface area contributed by atoms with E-state index in [-0.39, 0.29) is 5.91 Å². The molecule has 1 aromatic rings. The molecule has 1 rings (SSSR count). The van der Waals surface area contributed by atoms with Gasteiger partial charge in [-0.15, -0.1) is 13.2 Å². The van der Waals surface area contributed by atoms with Crippen LogP contribution in [-0.4, -0.2) is 23.9 Å². The highest BCUT2D eigenvalue weighted by atomic mass is 35.5. The van der Waals surface area contributed by atoms with Gasteiger partial charge in [-0.2, -0.15) is 0 Å². The summed E-state index contributed by atoms with van der Waals surface area (Å²) in [4.78, 5) is 13.8. The first-order chi connectivity index (χ1) is 8.10. The van der Waals surface area contributed by atoms with Gasteiger partial charge in [0.1, 0.15) is 0 Å². The molecule has 90 valence electrons. The van der Waals surface area contributed by atoms with Gasteiger partial charge in [-0.25, -0.2) is 0 Å². The van der Waals surface area contributed by atoms with Crippen molar-refractivity contribution in [3.8, 4) is 0 Å². The van der Waals surface area contributed by atoms with Crippen molar-refractivity contribution in [2.24, 2.45) is 0 Å². The van der Waals surface area contributed by atoms with Crippen molar-refractivity contribution in [2.75, 3.05) is 13.1 Å². The molecular weight excluding hydrogens is 257 g/mol. The highest BCUT2D eigenvalue weighted by Gasteiger charge is 2.16. The highest BCUT2D eigenvalue weighted by molar-refractivity contribution is 6.35. The summed E-state index contributed by atoms with van der Waals surface area (Å²) in [7, 11) is 0. The topological polar surface area (TPSA) is 20.3 Å². The van der Waals surface area contributed by atoms with Crippen LogP contribution in [0, 0.1) is 0 Å². The van der Waals surface area contributed by atoms with E-state index in [4.69, 9.17) is 23.2 Å². The zero-order valence-electron chi connectivity index (χ0n) is 9.33. The van der Waals surface area contributed by atoms with E-state index in [1.165, 1.54) is 0 Å². The quantitative estimate of drug-likeness (QED) is 0.745. The minimum Gasteiger partial charge on any atom is -0.331 e. The fraction of sp³-hybridized carbons (Fsp3) is 0.154. The van der Waals surface area contributed by atoms with Gasteiger partial charge in [-0.3, -0.25) is 4.79 Å². The SMILES string of the molecule is C=CCN(CC=C)C(=O)c1cc(Cl)ccc1Cl. The Balaban J connectivity index is 3.03. The van der Waals surface area contributed by atoms with E-state index in [0.29, 0.717) is 28.7 Å². The lowest BCUT2D eigenvalue weighted by Crippen LogP contribution is -2.31. The number of carbonyl (C=O) groups excluding carboxylic acids is 1. The number of hydrogen-bond acceptors (Lipinski definition) is 1. The van der Waals surface area contributed by atoms with Crippen molar-refractivity contribution in [3.05, 3.63) is 59.1 Å². The van der Waals surface area contributed by atoms with Crippen molar-refractivity contribution >= 4 is 29.1 Å². The minimum absolute atomic E-state index is 0.183.